The first-order chi connectivity index (χ1) is 9.19. The van der Waals surface area contributed by atoms with Crippen molar-refractivity contribution in [2.45, 2.75) is 26.3 Å². The number of aromatic nitrogens is 2. The Morgan fingerprint density at radius 2 is 2.37 bits per heavy atom. The number of esters is 1. The molecular weight excluding hydrogens is 262 g/mol. The molecule has 0 saturated carbocycles. The van der Waals surface area contributed by atoms with E-state index in [-0.39, 0.29) is 11.7 Å². The number of carbonyl (C=O) groups excluding carboxylic acids is 1. The van der Waals surface area contributed by atoms with Gasteiger partial charge in [0.05, 0.1) is 19.0 Å². The Kier molecular flexibility index (Phi) is 4.21. The maximum Gasteiger partial charge on any atom is 0.360 e. The summed E-state index contributed by atoms with van der Waals surface area (Å²) in [6, 6.07) is 4.17. The van der Waals surface area contributed by atoms with Gasteiger partial charge in [-0.3, -0.25) is 0 Å². The molecule has 2 heterocycles. The second kappa shape index (κ2) is 5.88. The van der Waals surface area contributed by atoms with Crippen molar-refractivity contribution in [1.82, 2.24) is 9.55 Å². The lowest BCUT2D eigenvalue weighted by Crippen LogP contribution is -2.13. The first-order valence-corrected chi connectivity index (χ1v) is 7.09. The van der Waals surface area contributed by atoms with Gasteiger partial charge in [0, 0.05) is 4.88 Å². The molecular formula is C13H17N3O2S. The van der Waals surface area contributed by atoms with E-state index in [9.17, 15) is 4.79 Å². The fraction of sp³-hybridized carbons (Fsp3) is 0.385. The molecule has 1 unspecified atom stereocenters. The van der Waals surface area contributed by atoms with Gasteiger partial charge in [0.15, 0.2) is 5.69 Å². The van der Waals surface area contributed by atoms with Gasteiger partial charge in [-0.2, -0.15) is 0 Å². The minimum atomic E-state index is -0.472. The quantitative estimate of drug-likeness (QED) is 0.854. The van der Waals surface area contributed by atoms with Crippen LogP contribution in [0, 0.1) is 0 Å². The molecule has 0 amide bonds. The number of nitrogen functional groups attached to an aromatic ring is 1. The summed E-state index contributed by atoms with van der Waals surface area (Å²) in [6.07, 6.45) is 2.48. The number of anilines is 1. The maximum absolute atomic E-state index is 11.7. The largest absolute Gasteiger partial charge is 0.461 e. The maximum atomic E-state index is 11.7. The Bertz CT molecular complexity index is 548. The van der Waals surface area contributed by atoms with Crippen LogP contribution in [-0.4, -0.2) is 22.1 Å². The topological polar surface area (TPSA) is 70.1 Å². The normalized spacial score (nSPS) is 12.3. The first kappa shape index (κ1) is 13.6. The molecule has 19 heavy (non-hydrogen) atoms. The van der Waals surface area contributed by atoms with Crippen LogP contribution in [-0.2, 0) is 4.74 Å². The summed E-state index contributed by atoms with van der Waals surface area (Å²) in [6.45, 7) is 4.15. The van der Waals surface area contributed by atoms with Crippen molar-refractivity contribution in [3.63, 3.8) is 0 Å². The zero-order valence-electron chi connectivity index (χ0n) is 11.0. The van der Waals surface area contributed by atoms with Gasteiger partial charge in [0.1, 0.15) is 5.82 Å². The molecule has 0 radical (unpaired) electrons. The van der Waals surface area contributed by atoms with Crippen LogP contribution in [0.2, 0.25) is 0 Å². The van der Waals surface area contributed by atoms with Crippen molar-refractivity contribution in [2.75, 3.05) is 12.3 Å². The standard InChI is InChI=1S/C13H17N3O2S/c1-3-9(10-6-5-7-19-10)16-8-15-11(12(16)14)13(17)18-4-2/h5-9H,3-4,14H2,1-2H3. The number of hydrogen-bond donors (Lipinski definition) is 1. The molecule has 2 N–H and O–H groups in total. The second-order valence-corrected chi connectivity index (χ2v) is 5.02. The Labute approximate surface area is 116 Å². The van der Waals surface area contributed by atoms with E-state index in [1.54, 1.807) is 24.6 Å². The van der Waals surface area contributed by atoms with Crippen molar-refractivity contribution in [3.8, 4) is 0 Å². The SMILES string of the molecule is CCOC(=O)c1ncn(C(CC)c2cccs2)c1N. The number of thiophene rings is 1. The summed E-state index contributed by atoms with van der Waals surface area (Å²) < 4.78 is 6.77. The van der Waals surface area contributed by atoms with E-state index >= 15 is 0 Å². The Morgan fingerprint density at radius 3 is 2.95 bits per heavy atom. The number of imidazole rings is 1. The molecule has 0 aromatic carbocycles. The molecule has 2 aromatic heterocycles. The van der Waals surface area contributed by atoms with Gasteiger partial charge in [-0.15, -0.1) is 11.3 Å². The summed E-state index contributed by atoms with van der Waals surface area (Å²) in [4.78, 5) is 17.0. The third-order valence-electron chi connectivity index (χ3n) is 2.89. The van der Waals surface area contributed by atoms with Gasteiger partial charge in [-0.25, -0.2) is 9.78 Å². The fourth-order valence-corrected chi connectivity index (χ4v) is 2.90. The average molecular weight is 279 g/mol. The molecule has 6 heteroatoms. The molecule has 5 nitrogen and oxygen atoms in total. The van der Waals surface area contributed by atoms with Gasteiger partial charge in [0.25, 0.3) is 0 Å². The third-order valence-corrected chi connectivity index (χ3v) is 3.87. The lowest BCUT2D eigenvalue weighted by atomic mass is 10.2. The van der Waals surface area contributed by atoms with Crippen LogP contribution in [0.1, 0.15) is 41.7 Å². The first-order valence-electron chi connectivity index (χ1n) is 6.21. The molecule has 102 valence electrons. The Balaban J connectivity index is 2.33. The second-order valence-electron chi connectivity index (χ2n) is 4.05. The van der Waals surface area contributed by atoms with Crippen molar-refractivity contribution in [3.05, 3.63) is 34.4 Å². The minimum absolute atomic E-state index is 0.107. The molecule has 1 atom stereocenters. The van der Waals surface area contributed by atoms with E-state index in [1.807, 2.05) is 16.0 Å². The van der Waals surface area contributed by atoms with E-state index in [2.05, 4.69) is 18.0 Å². The van der Waals surface area contributed by atoms with E-state index in [0.29, 0.717) is 12.4 Å². The smallest absolute Gasteiger partial charge is 0.360 e. The van der Waals surface area contributed by atoms with Crippen LogP contribution in [0.5, 0.6) is 0 Å². The van der Waals surface area contributed by atoms with Gasteiger partial charge < -0.3 is 15.0 Å². The van der Waals surface area contributed by atoms with Crippen molar-refractivity contribution >= 4 is 23.1 Å². The average Bonchev–Trinajstić information content (AvgIpc) is 3.02. The molecule has 0 aliphatic heterocycles. The Morgan fingerprint density at radius 1 is 1.58 bits per heavy atom. The summed E-state index contributed by atoms with van der Waals surface area (Å²) in [5, 5.41) is 2.03. The fourth-order valence-electron chi connectivity index (χ4n) is 1.99. The van der Waals surface area contributed by atoms with Crippen LogP contribution >= 0.6 is 11.3 Å². The summed E-state index contributed by atoms with van der Waals surface area (Å²) in [5.74, 6) is -0.113. The zero-order valence-corrected chi connectivity index (χ0v) is 11.8. The minimum Gasteiger partial charge on any atom is -0.461 e. The van der Waals surface area contributed by atoms with Gasteiger partial charge in [-0.05, 0) is 24.8 Å². The highest BCUT2D eigenvalue weighted by molar-refractivity contribution is 7.10. The predicted octanol–water partition coefficient (Wildman–Crippen LogP) is 2.70. The predicted molar refractivity (Wildman–Crippen MR) is 75.3 cm³/mol. The number of carbonyl (C=O) groups is 1. The van der Waals surface area contributed by atoms with Gasteiger partial charge in [-0.1, -0.05) is 13.0 Å². The number of nitrogens with two attached hydrogens (primary N) is 1. The summed E-state index contributed by atoms with van der Waals surface area (Å²) >= 11 is 1.67. The number of ether oxygens (including phenoxy) is 1. The monoisotopic (exact) mass is 279 g/mol. The van der Waals surface area contributed by atoms with Crippen molar-refractivity contribution in [2.24, 2.45) is 0 Å². The molecule has 0 aliphatic carbocycles. The molecule has 0 aliphatic rings. The summed E-state index contributed by atoms with van der Waals surface area (Å²) in [7, 11) is 0. The van der Waals surface area contributed by atoms with E-state index in [1.165, 1.54) is 4.88 Å². The van der Waals surface area contributed by atoms with Crippen molar-refractivity contribution < 1.29 is 9.53 Å². The highest BCUT2D eigenvalue weighted by atomic mass is 32.1. The third kappa shape index (κ3) is 2.63. The molecule has 0 spiro atoms. The van der Waals surface area contributed by atoms with Crippen LogP contribution in [0.25, 0.3) is 0 Å². The summed E-state index contributed by atoms with van der Waals surface area (Å²) in [5.41, 5.74) is 6.21. The molecule has 2 rings (SSSR count). The van der Waals surface area contributed by atoms with Crippen LogP contribution in [0.3, 0.4) is 0 Å². The number of hydrogen-bond acceptors (Lipinski definition) is 5. The van der Waals surface area contributed by atoms with Crippen LogP contribution < -0.4 is 5.73 Å². The lowest BCUT2D eigenvalue weighted by molar-refractivity contribution is 0.0521. The van der Waals surface area contributed by atoms with Crippen molar-refractivity contribution in [1.29, 1.82) is 0 Å². The van der Waals surface area contributed by atoms with E-state index in [4.69, 9.17) is 10.5 Å². The lowest BCUT2D eigenvalue weighted by Gasteiger charge is -2.16. The van der Waals surface area contributed by atoms with Crippen LogP contribution in [0.4, 0.5) is 5.82 Å². The molecule has 0 fully saturated rings. The molecule has 0 bridgehead atoms. The van der Waals surface area contributed by atoms with Gasteiger partial charge >= 0.3 is 5.97 Å². The number of rotatable bonds is 5. The van der Waals surface area contributed by atoms with E-state index in [0.717, 1.165) is 6.42 Å². The van der Waals surface area contributed by atoms with Crippen LogP contribution in [0.15, 0.2) is 23.8 Å². The van der Waals surface area contributed by atoms with Gasteiger partial charge in [0.2, 0.25) is 0 Å². The number of nitrogens with zero attached hydrogens (tertiary/aromatic N) is 2. The molecule has 2 aromatic rings. The zero-order chi connectivity index (χ0) is 13.8. The highest BCUT2D eigenvalue weighted by Crippen LogP contribution is 2.29. The highest BCUT2D eigenvalue weighted by Gasteiger charge is 2.21. The Hall–Kier alpha value is -1.82. The molecule has 0 saturated heterocycles. The van der Waals surface area contributed by atoms with E-state index < -0.39 is 5.97 Å².